The molecule has 22 heavy (non-hydrogen) atoms. The van der Waals surface area contributed by atoms with Crippen molar-refractivity contribution in [1.29, 1.82) is 0 Å². The molecule has 0 aliphatic rings. The number of benzene rings is 1. The highest BCUT2D eigenvalue weighted by Gasteiger charge is 2.08. The van der Waals surface area contributed by atoms with Crippen molar-refractivity contribution >= 4 is 5.97 Å². The molecule has 2 rings (SSSR count). The molecule has 0 unspecified atom stereocenters. The van der Waals surface area contributed by atoms with Gasteiger partial charge in [0.1, 0.15) is 11.5 Å². The highest BCUT2D eigenvalue weighted by atomic mass is 16.5. The third kappa shape index (κ3) is 4.72. The molecule has 1 N–H and O–H groups in total. The lowest BCUT2D eigenvalue weighted by Crippen LogP contribution is -1.94. The number of carbonyl (C=O) groups is 1. The summed E-state index contributed by atoms with van der Waals surface area (Å²) in [5.41, 5.74) is 1.92. The van der Waals surface area contributed by atoms with Gasteiger partial charge in [-0.1, -0.05) is 56.3 Å². The topological polar surface area (TPSA) is 63.3 Å². The second kappa shape index (κ2) is 8.37. The minimum absolute atomic E-state index is 0.277. The zero-order valence-corrected chi connectivity index (χ0v) is 13.0. The summed E-state index contributed by atoms with van der Waals surface area (Å²) in [6.07, 6.45) is 8.44. The van der Waals surface area contributed by atoms with Crippen molar-refractivity contribution < 1.29 is 14.4 Å². The van der Waals surface area contributed by atoms with Crippen LogP contribution in [0.5, 0.6) is 0 Å². The Morgan fingerprint density at radius 1 is 1.09 bits per heavy atom. The zero-order chi connectivity index (χ0) is 15.8. The van der Waals surface area contributed by atoms with Crippen molar-refractivity contribution in [2.75, 3.05) is 0 Å². The van der Waals surface area contributed by atoms with E-state index < -0.39 is 5.97 Å². The maximum atomic E-state index is 10.8. The van der Waals surface area contributed by atoms with E-state index >= 15 is 0 Å². The lowest BCUT2D eigenvalue weighted by molar-refractivity contribution is 0.0697. The number of hydrogen-bond acceptors (Lipinski definition) is 3. The molecule has 0 aliphatic heterocycles. The second-order valence-corrected chi connectivity index (χ2v) is 5.58. The maximum absolute atomic E-state index is 10.8. The summed E-state index contributed by atoms with van der Waals surface area (Å²) in [5, 5.41) is 13.0. The van der Waals surface area contributed by atoms with Crippen LogP contribution in [0.4, 0.5) is 0 Å². The van der Waals surface area contributed by atoms with Gasteiger partial charge >= 0.3 is 5.97 Å². The van der Waals surface area contributed by atoms with Crippen LogP contribution < -0.4 is 0 Å². The first-order chi connectivity index (χ1) is 10.7. The monoisotopic (exact) mass is 301 g/mol. The van der Waals surface area contributed by atoms with Gasteiger partial charge in [0.05, 0.1) is 5.56 Å². The summed E-state index contributed by atoms with van der Waals surface area (Å²) in [6.45, 7) is 2.22. The van der Waals surface area contributed by atoms with Crippen LogP contribution in [0.25, 0.3) is 11.3 Å². The van der Waals surface area contributed by atoms with E-state index in [-0.39, 0.29) is 5.56 Å². The number of rotatable bonds is 9. The van der Waals surface area contributed by atoms with Gasteiger partial charge in [0.15, 0.2) is 0 Å². The van der Waals surface area contributed by atoms with Gasteiger partial charge in [-0.25, -0.2) is 4.79 Å². The predicted octanol–water partition coefficient (Wildman–Crippen LogP) is 4.94. The zero-order valence-electron chi connectivity index (χ0n) is 13.0. The lowest BCUT2D eigenvalue weighted by atomic mass is 10.1. The Hall–Kier alpha value is -2.10. The highest BCUT2D eigenvalue weighted by molar-refractivity contribution is 5.88. The first-order valence-electron chi connectivity index (χ1n) is 8.00. The molecule has 2 aromatic rings. The van der Waals surface area contributed by atoms with Crippen molar-refractivity contribution in [2.45, 2.75) is 51.9 Å². The summed E-state index contributed by atoms with van der Waals surface area (Å²) in [6, 6.07) is 8.63. The molecule has 1 heterocycles. The normalized spacial score (nSPS) is 10.8. The Morgan fingerprint density at radius 3 is 2.45 bits per heavy atom. The number of carboxylic acids is 1. The van der Waals surface area contributed by atoms with E-state index in [1.807, 2.05) is 6.07 Å². The van der Waals surface area contributed by atoms with Gasteiger partial charge in [-0.2, -0.15) is 0 Å². The fourth-order valence-electron chi connectivity index (χ4n) is 2.43. The molecule has 4 heteroatoms. The van der Waals surface area contributed by atoms with Crippen LogP contribution in [0.3, 0.4) is 0 Å². The quantitative estimate of drug-likeness (QED) is 0.666. The molecule has 0 amide bonds. The molecule has 0 spiro atoms. The summed E-state index contributed by atoms with van der Waals surface area (Å²) in [5.74, 6) is -0.0248. The average Bonchev–Trinajstić information content (AvgIpc) is 3.00. The smallest absolute Gasteiger partial charge is 0.335 e. The Balaban J connectivity index is 1.84. The van der Waals surface area contributed by atoms with Crippen LogP contribution in [-0.4, -0.2) is 16.2 Å². The van der Waals surface area contributed by atoms with E-state index in [1.165, 1.54) is 32.1 Å². The number of carboxylic acid groups (broad SMARTS) is 1. The molecule has 1 aromatic carbocycles. The number of aromatic carboxylic acids is 1. The fraction of sp³-hybridized carbons (Fsp3) is 0.444. The Morgan fingerprint density at radius 2 is 1.77 bits per heavy atom. The van der Waals surface area contributed by atoms with E-state index in [0.29, 0.717) is 0 Å². The number of unbranched alkanes of at least 4 members (excludes halogenated alkanes) is 5. The number of nitrogens with zero attached hydrogens (tertiary/aromatic N) is 1. The standard InChI is InChI=1S/C18H23NO3/c1-2-3-4-5-6-7-8-16-13-17(19-22-16)14-9-11-15(12-10-14)18(20)21/h9-13H,2-8H2,1H3,(H,20,21). The first kappa shape index (κ1) is 16.3. The van der Waals surface area contributed by atoms with Crippen molar-refractivity contribution in [2.24, 2.45) is 0 Å². The van der Waals surface area contributed by atoms with Crippen LogP contribution in [0.2, 0.25) is 0 Å². The minimum Gasteiger partial charge on any atom is -0.478 e. The fourth-order valence-corrected chi connectivity index (χ4v) is 2.43. The number of hydrogen-bond donors (Lipinski definition) is 1. The lowest BCUT2D eigenvalue weighted by Gasteiger charge is -1.98. The molecule has 0 aliphatic carbocycles. The highest BCUT2D eigenvalue weighted by Crippen LogP contribution is 2.21. The summed E-state index contributed by atoms with van der Waals surface area (Å²) in [4.78, 5) is 10.8. The van der Waals surface area contributed by atoms with E-state index in [9.17, 15) is 4.79 Å². The van der Waals surface area contributed by atoms with Gasteiger partial charge in [-0.3, -0.25) is 0 Å². The average molecular weight is 301 g/mol. The first-order valence-corrected chi connectivity index (χ1v) is 8.00. The van der Waals surface area contributed by atoms with Gasteiger partial charge in [0.2, 0.25) is 0 Å². The molecular formula is C18H23NO3. The molecule has 0 saturated carbocycles. The largest absolute Gasteiger partial charge is 0.478 e. The van der Waals surface area contributed by atoms with Crippen molar-refractivity contribution in [3.05, 3.63) is 41.7 Å². The molecular weight excluding hydrogens is 278 g/mol. The predicted molar refractivity (Wildman–Crippen MR) is 86.0 cm³/mol. The third-order valence-corrected chi connectivity index (χ3v) is 3.76. The molecule has 0 radical (unpaired) electrons. The molecule has 118 valence electrons. The molecule has 0 atom stereocenters. The Bertz CT molecular complexity index is 587. The van der Waals surface area contributed by atoms with Crippen molar-refractivity contribution in [3.63, 3.8) is 0 Å². The van der Waals surface area contributed by atoms with Crippen LogP contribution >= 0.6 is 0 Å². The van der Waals surface area contributed by atoms with Gasteiger partial charge in [0, 0.05) is 18.1 Å². The third-order valence-electron chi connectivity index (χ3n) is 3.76. The number of aromatic nitrogens is 1. The van der Waals surface area contributed by atoms with Crippen molar-refractivity contribution in [1.82, 2.24) is 5.16 Å². The molecule has 0 bridgehead atoms. The van der Waals surface area contributed by atoms with E-state index in [1.54, 1.807) is 24.3 Å². The van der Waals surface area contributed by atoms with Gasteiger partial charge < -0.3 is 9.63 Å². The maximum Gasteiger partial charge on any atom is 0.335 e. The van der Waals surface area contributed by atoms with Gasteiger partial charge in [-0.05, 0) is 18.6 Å². The second-order valence-electron chi connectivity index (χ2n) is 5.58. The Labute approximate surface area is 131 Å². The Kier molecular flexibility index (Phi) is 6.19. The van der Waals surface area contributed by atoms with Crippen LogP contribution in [0, 0.1) is 0 Å². The number of aryl methyl sites for hydroxylation is 1. The van der Waals surface area contributed by atoms with Crippen LogP contribution in [-0.2, 0) is 6.42 Å². The summed E-state index contributed by atoms with van der Waals surface area (Å²) < 4.78 is 5.36. The van der Waals surface area contributed by atoms with E-state index in [2.05, 4.69) is 12.1 Å². The molecule has 4 nitrogen and oxygen atoms in total. The van der Waals surface area contributed by atoms with Crippen LogP contribution in [0.15, 0.2) is 34.9 Å². The SMILES string of the molecule is CCCCCCCCc1cc(-c2ccc(C(=O)O)cc2)no1. The van der Waals surface area contributed by atoms with Crippen LogP contribution in [0.1, 0.15) is 61.6 Å². The van der Waals surface area contributed by atoms with Gasteiger partial charge in [-0.15, -0.1) is 0 Å². The van der Waals surface area contributed by atoms with E-state index in [0.717, 1.165) is 29.9 Å². The molecule has 0 fully saturated rings. The summed E-state index contributed by atoms with van der Waals surface area (Å²) >= 11 is 0. The van der Waals surface area contributed by atoms with Gasteiger partial charge in [0.25, 0.3) is 0 Å². The van der Waals surface area contributed by atoms with Crippen molar-refractivity contribution in [3.8, 4) is 11.3 Å². The van der Waals surface area contributed by atoms with E-state index in [4.69, 9.17) is 9.63 Å². The molecule has 1 aromatic heterocycles. The molecule has 0 saturated heterocycles. The minimum atomic E-state index is -0.921. The summed E-state index contributed by atoms with van der Waals surface area (Å²) in [7, 11) is 0.